The molecule has 0 spiro atoms. The van der Waals surface area contributed by atoms with Gasteiger partial charge in [-0.3, -0.25) is 9.69 Å². The third kappa shape index (κ3) is 12.4. The summed E-state index contributed by atoms with van der Waals surface area (Å²) in [5, 5.41) is 15.0. The molecule has 0 radical (unpaired) electrons. The Kier molecular flexibility index (Phi) is 16.4. The van der Waals surface area contributed by atoms with Gasteiger partial charge in [-0.15, -0.1) is 0 Å². The van der Waals surface area contributed by atoms with E-state index >= 15 is 0 Å². The first-order chi connectivity index (χ1) is 18.3. The van der Waals surface area contributed by atoms with Crippen LogP contribution in [0.4, 0.5) is 5.95 Å². The van der Waals surface area contributed by atoms with Crippen molar-refractivity contribution in [3.63, 3.8) is 0 Å². The van der Waals surface area contributed by atoms with Crippen molar-refractivity contribution in [3.05, 3.63) is 66.7 Å². The van der Waals surface area contributed by atoms with Gasteiger partial charge < -0.3 is 16.2 Å². The number of hydrogen-bond acceptors (Lipinski definition) is 8. The SMILES string of the molecule is C=C/C(=C\C(=C)CN)CC(=O)/C=C/CN1CCCC1.CCCNc1ncn2ncc(C(C)C)c2n1.CCO. The van der Waals surface area contributed by atoms with Crippen LogP contribution in [0.15, 0.2) is 61.1 Å². The fraction of sp³-hybridized carbons (Fsp3) is 0.517. The van der Waals surface area contributed by atoms with E-state index in [0.717, 1.165) is 55.0 Å². The van der Waals surface area contributed by atoms with Gasteiger partial charge in [-0.1, -0.05) is 52.2 Å². The largest absolute Gasteiger partial charge is 0.397 e. The fourth-order valence-corrected chi connectivity index (χ4v) is 3.60. The Morgan fingerprint density at radius 2 is 1.97 bits per heavy atom. The van der Waals surface area contributed by atoms with Gasteiger partial charge in [0, 0.05) is 38.2 Å². The van der Waals surface area contributed by atoms with Crippen molar-refractivity contribution in [2.24, 2.45) is 5.73 Å². The zero-order chi connectivity index (χ0) is 28.3. The summed E-state index contributed by atoms with van der Waals surface area (Å²) < 4.78 is 1.71. The second-order valence-electron chi connectivity index (χ2n) is 9.28. The number of nitrogens with zero attached hydrogens (tertiary/aromatic N) is 5. The Balaban J connectivity index is 0.000000348. The molecule has 9 heteroatoms. The van der Waals surface area contributed by atoms with Gasteiger partial charge >= 0.3 is 0 Å². The summed E-state index contributed by atoms with van der Waals surface area (Å²) in [6.07, 6.45) is 14.7. The number of carbonyl (C=O) groups excluding carboxylic acids is 1. The predicted molar refractivity (Wildman–Crippen MR) is 157 cm³/mol. The minimum atomic E-state index is 0.0927. The third-order valence-electron chi connectivity index (χ3n) is 5.61. The lowest BCUT2D eigenvalue weighted by Gasteiger charge is -2.10. The van der Waals surface area contributed by atoms with E-state index in [1.54, 1.807) is 29.9 Å². The predicted octanol–water partition coefficient (Wildman–Crippen LogP) is 4.29. The number of aliphatic hydroxyl groups is 1. The van der Waals surface area contributed by atoms with Crippen molar-refractivity contribution in [3.8, 4) is 0 Å². The summed E-state index contributed by atoms with van der Waals surface area (Å²) in [5.74, 6) is 1.19. The molecule has 210 valence electrons. The number of ketones is 1. The van der Waals surface area contributed by atoms with Gasteiger partial charge in [-0.2, -0.15) is 10.1 Å². The summed E-state index contributed by atoms with van der Waals surface area (Å²) in [6.45, 7) is 20.3. The van der Waals surface area contributed by atoms with Crippen molar-refractivity contribution >= 4 is 17.4 Å². The number of aliphatic hydroxyl groups excluding tert-OH is 1. The summed E-state index contributed by atoms with van der Waals surface area (Å²) in [7, 11) is 0. The Bertz CT molecular complexity index is 1050. The highest BCUT2D eigenvalue weighted by molar-refractivity contribution is 5.91. The van der Waals surface area contributed by atoms with E-state index in [4.69, 9.17) is 10.8 Å². The minimum absolute atomic E-state index is 0.0927. The first-order valence-electron chi connectivity index (χ1n) is 13.5. The molecule has 0 amide bonds. The highest BCUT2D eigenvalue weighted by atomic mass is 16.2. The summed E-state index contributed by atoms with van der Waals surface area (Å²) in [4.78, 5) is 22.8. The maximum absolute atomic E-state index is 11.8. The Labute approximate surface area is 228 Å². The Morgan fingerprint density at radius 3 is 2.55 bits per heavy atom. The van der Waals surface area contributed by atoms with Crippen LogP contribution >= 0.6 is 0 Å². The minimum Gasteiger partial charge on any atom is -0.397 e. The maximum Gasteiger partial charge on any atom is 0.226 e. The molecule has 9 nitrogen and oxygen atoms in total. The second kappa shape index (κ2) is 19.0. The molecule has 0 atom stereocenters. The molecule has 1 fully saturated rings. The number of carbonyl (C=O) groups is 1. The second-order valence-corrected chi connectivity index (χ2v) is 9.28. The lowest BCUT2D eigenvalue weighted by atomic mass is 10.1. The van der Waals surface area contributed by atoms with Crippen LogP contribution in [0.5, 0.6) is 0 Å². The normalized spacial score (nSPS) is 13.7. The van der Waals surface area contributed by atoms with Crippen LogP contribution in [0.25, 0.3) is 5.65 Å². The molecule has 3 heterocycles. The molecule has 38 heavy (non-hydrogen) atoms. The molecule has 0 bridgehead atoms. The summed E-state index contributed by atoms with van der Waals surface area (Å²) >= 11 is 0. The molecule has 0 saturated carbocycles. The van der Waals surface area contributed by atoms with Crippen LogP contribution in [-0.2, 0) is 4.79 Å². The van der Waals surface area contributed by atoms with Gasteiger partial charge in [-0.05, 0) is 62.4 Å². The number of likely N-dealkylation sites (tertiary alicyclic amines) is 1. The van der Waals surface area contributed by atoms with Crippen LogP contribution in [-0.4, -0.2) is 74.7 Å². The molecule has 2 aromatic heterocycles. The molecule has 1 aliphatic rings. The molecule has 3 rings (SSSR count). The molecule has 0 aliphatic carbocycles. The molecule has 4 N–H and O–H groups in total. The number of hydrogen-bond donors (Lipinski definition) is 3. The highest BCUT2D eigenvalue weighted by Gasteiger charge is 2.10. The van der Waals surface area contributed by atoms with Gasteiger partial charge in [-0.25, -0.2) is 9.50 Å². The summed E-state index contributed by atoms with van der Waals surface area (Å²) in [6, 6.07) is 0. The Morgan fingerprint density at radius 1 is 1.29 bits per heavy atom. The van der Waals surface area contributed by atoms with Crippen LogP contribution in [0.3, 0.4) is 0 Å². The lowest BCUT2D eigenvalue weighted by molar-refractivity contribution is -0.113. The number of aromatic nitrogens is 4. The van der Waals surface area contributed by atoms with E-state index in [9.17, 15) is 4.79 Å². The third-order valence-corrected chi connectivity index (χ3v) is 5.61. The van der Waals surface area contributed by atoms with Gasteiger partial charge in [0.2, 0.25) is 5.95 Å². The van der Waals surface area contributed by atoms with Gasteiger partial charge in [0.1, 0.15) is 6.33 Å². The zero-order valence-electron chi connectivity index (χ0n) is 23.7. The van der Waals surface area contributed by atoms with Gasteiger partial charge in [0.25, 0.3) is 0 Å². The average molecular weight is 526 g/mol. The number of nitrogens with one attached hydrogen (secondary N) is 1. The molecule has 1 saturated heterocycles. The smallest absolute Gasteiger partial charge is 0.226 e. The Hall–Kier alpha value is -3.14. The first-order valence-corrected chi connectivity index (χ1v) is 13.5. The van der Waals surface area contributed by atoms with Gasteiger partial charge in [0.05, 0.1) is 6.20 Å². The quantitative estimate of drug-likeness (QED) is 0.277. The number of fused-ring (bicyclic) bond motifs is 1. The van der Waals surface area contributed by atoms with Crippen molar-refractivity contribution in [1.82, 2.24) is 24.5 Å². The van der Waals surface area contributed by atoms with E-state index in [1.165, 1.54) is 12.8 Å². The van der Waals surface area contributed by atoms with E-state index in [0.29, 0.717) is 24.8 Å². The monoisotopic (exact) mass is 525 g/mol. The van der Waals surface area contributed by atoms with Crippen LogP contribution in [0, 0.1) is 0 Å². The van der Waals surface area contributed by atoms with E-state index in [1.807, 2.05) is 18.3 Å². The number of rotatable bonds is 12. The molecular weight excluding hydrogens is 478 g/mol. The molecule has 1 aliphatic heterocycles. The standard InChI is InChI=1S/C16H24N2O.C11H17N5.C2H6O/c1-3-15(11-14(2)13-17)12-16(19)7-6-10-18-8-4-5-9-18;1-4-5-12-11-13-7-16-10(15-11)9(6-14-16)8(2)3;1-2-3/h3,6-7,11H,1-2,4-5,8-10,12-13,17H2;6-8H,4-5H2,1-3H3,(H,12,15);3H,2H2,1H3/b7-6+,15-11+;;. The zero-order valence-corrected chi connectivity index (χ0v) is 23.7. The van der Waals surface area contributed by atoms with Crippen molar-refractivity contribution in [1.29, 1.82) is 0 Å². The van der Waals surface area contributed by atoms with Crippen molar-refractivity contribution < 1.29 is 9.90 Å². The highest BCUT2D eigenvalue weighted by Crippen LogP contribution is 2.18. The lowest BCUT2D eigenvalue weighted by Crippen LogP contribution is -2.18. The van der Waals surface area contributed by atoms with Crippen LogP contribution in [0.1, 0.15) is 64.9 Å². The first kappa shape index (κ1) is 32.9. The number of allylic oxidation sites excluding steroid dienone is 3. The molecular formula is C29H47N7O2. The van der Waals surface area contributed by atoms with Crippen LogP contribution in [0.2, 0.25) is 0 Å². The van der Waals surface area contributed by atoms with E-state index in [2.05, 4.69) is 59.2 Å². The average Bonchev–Trinajstić information content (AvgIpc) is 3.57. The molecule has 0 aromatic carbocycles. The molecule has 2 aromatic rings. The van der Waals surface area contributed by atoms with E-state index < -0.39 is 0 Å². The number of nitrogens with two attached hydrogens (primary N) is 1. The van der Waals surface area contributed by atoms with Crippen molar-refractivity contribution in [2.75, 3.05) is 44.6 Å². The summed E-state index contributed by atoms with van der Waals surface area (Å²) in [5.41, 5.74) is 9.20. The van der Waals surface area contributed by atoms with Gasteiger partial charge in [0.15, 0.2) is 11.4 Å². The number of anilines is 1. The van der Waals surface area contributed by atoms with Crippen molar-refractivity contribution in [2.45, 2.75) is 59.3 Å². The van der Waals surface area contributed by atoms with Crippen LogP contribution < -0.4 is 11.1 Å². The topological polar surface area (TPSA) is 122 Å². The van der Waals surface area contributed by atoms with E-state index in [-0.39, 0.29) is 12.4 Å². The molecule has 0 unspecified atom stereocenters. The maximum atomic E-state index is 11.8. The fourth-order valence-electron chi connectivity index (χ4n) is 3.60.